The van der Waals surface area contributed by atoms with Gasteiger partial charge in [-0.2, -0.15) is 13.2 Å². The van der Waals surface area contributed by atoms with Crippen LogP contribution in [0.1, 0.15) is 56.2 Å². The van der Waals surface area contributed by atoms with Crippen LogP contribution in [0, 0.1) is 0 Å². The molecule has 18 heteroatoms. The van der Waals surface area contributed by atoms with Crippen LogP contribution in [-0.4, -0.2) is 109 Å². The summed E-state index contributed by atoms with van der Waals surface area (Å²) in [6, 6.07) is 52.4. The van der Waals surface area contributed by atoms with Gasteiger partial charge in [0, 0.05) is 12.5 Å². The van der Waals surface area contributed by atoms with E-state index >= 15 is 13.2 Å². The summed E-state index contributed by atoms with van der Waals surface area (Å²) in [5.41, 5.74) is 2.69. The lowest BCUT2D eigenvalue weighted by molar-refractivity contribution is -0.387. The minimum atomic E-state index is -5.24. The standard InChI is InChI=1S/C62H55F3N2O13/c1-38(68)75-55-54(73-35-41-30-31-42-22-14-15-25-44(42)32-41)52-49(37-74-58(78-52)43-23-10-4-11-24-43)77-60(55)79-51-48(36-71-33-39-18-6-2-7-19-39)76-59(80-61(62(63,64)65)66-45-26-12-5-13-27-45)50(53(51)72-34-40-20-8-3-9-21-40)67-56(69)46-28-16-17-29-47(46)57(67)70/h2-32,48-55,58-60H,33-37H2,1H3/t48-,49-,50-,51-,52-,53-,54+,55+,58-,59+,60+/m1/s1. The lowest BCUT2D eigenvalue weighted by Gasteiger charge is -2.52. The highest BCUT2D eigenvalue weighted by atomic mass is 19.4. The molecule has 412 valence electrons. The largest absolute Gasteiger partial charge is 0.468 e. The molecular weight excluding hydrogens is 1040 g/mol. The van der Waals surface area contributed by atoms with Gasteiger partial charge in [-0.15, -0.1) is 0 Å². The van der Waals surface area contributed by atoms with Crippen molar-refractivity contribution in [1.29, 1.82) is 0 Å². The fourth-order valence-corrected chi connectivity index (χ4v) is 10.4. The van der Waals surface area contributed by atoms with Gasteiger partial charge < -0.3 is 47.4 Å². The van der Waals surface area contributed by atoms with E-state index in [1.54, 1.807) is 48.5 Å². The molecule has 0 unspecified atom stereocenters. The van der Waals surface area contributed by atoms with Crippen LogP contribution >= 0.6 is 0 Å². The van der Waals surface area contributed by atoms with Crippen LogP contribution in [-0.2, 0) is 72.0 Å². The number of para-hydroxylation sites is 1. The van der Waals surface area contributed by atoms with Crippen molar-refractivity contribution in [2.24, 2.45) is 4.99 Å². The second kappa shape index (κ2) is 24.4. The molecule has 11 atom stereocenters. The summed E-state index contributed by atoms with van der Waals surface area (Å²) < 4.78 is 112. The molecule has 7 aromatic rings. The van der Waals surface area contributed by atoms with Gasteiger partial charge in [0.1, 0.15) is 42.7 Å². The first-order valence-electron chi connectivity index (χ1n) is 26.1. The predicted octanol–water partition coefficient (Wildman–Crippen LogP) is 10.4. The number of imide groups is 1. The van der Waals surface area contributed by atoms with Gasteiger partial charge in [0.05, 0.1) is 49.8 Å². The highest BCUT2D eigenvalue weighted by Gasteiger charge is 2.60. The summed E-state index contributed by atoms with van der Waals surface area (Å²) in [4.78, 5) is 47.7. The number of benzene rings is 7. The number of carbonyl (C=O) groups is 3. The zero-order valence-corrected chi connectivity index (χ0v) is 43.1. The van der Waals surface area contributed by atoms with E-state index in [1.807, 2.05) is 103 Å². The topological polar surface area (TPSA) is 159 Å². The van der Waals surface area contributed by atoms with E-state index in [1.165, 1.54) is 43.3 Å². The van der Waals surface area contributed by atoms with Crippen LogP contribution in [0.15, 0.2) is 193 Å². The highest BCUT2D eigenvalue weighted by Crippen LogP contribution is 2.42. The van der Waals surface area contributed by atoms with E-state index in [9.17, 15) is 14.4 Å². The Morgan fingerprint density at radius 3 is 1.85 bits per heavy atom. The average molecular weight is 1090 g/mol. The van der Waals surface area contributed by atoms with Crippen LogP contribution in [0.2, 0.25) is 0 Å². The number of nitrogens with zero attached hydrogens (tertiary/aromatic N) is 2. The van der Waals surface area contributed by atoms with Crippen LogP contribution in [0.25, 0.3) is 10.8 Å². The Labute approximate surface area is 458 Å². The minimum Gasteiger partial charge on any atom is -0.454 e. The normalized spacial score (nSPS) is 25.9. The number of halogens is 3. The number of alkyl halides is 3. The maximum atomic E-state index is 15.4. The van der Waals surface area contributed by atoms with Gasteiger partial charge in [0.15, 0.2) is 18.7 Å². The highest BCUT2D eigenvalue weighted by molar-refractivity contribution is 6.21. The van der Waals surface area contributed by atoms with Crippen LogP contribution < -0.4 is 0 Å². The Bertz CT molecular complexity index is 3250. The van der Waals surface area contributed by atoms with Gasteiger partial charge in [-0.1, -0.05) is 158 Å². The van der Waals surface area contributed by atoms with Crippen molar-refractivity contribution in [3.63, 3.8) is 0 Å². The van der Waals surface area contributed by atoms with Crippen molar-refractivity contribution in [2.75, 3.05) is 13.2 Å². The molecule has 0 saturated carbocycles. The molecule has 0 N–H and O–H groups in total. The molecule has 0 aromatic heterocycles. The number of hydrogen-bond donors (Lipinski definition) is 0. The summed E-state index contributed by atoms with van der Waals surface area (Å²) in [7, 11) is 0. The zero-order chi connectivity index (χ0) is 55.2. The molecule has 3 fully saturated rings. The Hall–Kier alpha value is -7.65. The number of hydrogen-bond acceptors (Lipinski definition) is 14. The second-order valence-corrected chi connectivity index (χ2v) is 19.5. The van der Waals surface area contributed by atoms with Crippen molar-refractivity contribution < 1.29 is 74.9 Å². The molecule has 4 aliphatic heterocycles. The molecule has 0 aliphatic carbocycles. The quantitative estimate of drug-likeness (QED) is 0.0367. The predicted molar refractivity (Wildman–Crippen MR) is 283 cm³/mol. The van der Waals surface area contributed by atoms with Crippen molar-refractivity contribution >= 4 is 40.1 Å². The SMILES string of the molecule is CC(=O)O[C@@H]1[C@H](O[C@H]2[C@H](OCc3ccccc3)[C@@H](N3C(=O)c4ccccc4C3=O)[C@H](OC(=Nc3ccccc3)C(F)(F)F)O[C@@H]2COCc2ccccc2)O[C@@H]2CO[C@@H](c3ccccc3)O[C@H]2[C@@H]1OCc1ccc2ccccc2c1. The molecule has 0 radical (unpaired) electrons. The molecule has 11 rings (SSSR count). The Morgan fingerprint density at radius 1 is 0.600 bits per heavy atom. The van der Waals surface area contributed by atoms with Crippen molar-refractivity contribution in [1.82, 2.24) is 4.90 Å². The van der Waals surface area contributed by atoms with E-state index in [-0.39, 0.29) is 43.2 Å². The first-order chi connectivity index (χ1) is 38.9. The second-order valence-electron chi connectivity index (χ2n) is 19.5. The Balaban J connectivity index is 1.03. The number of amides is 2. The molecule has 4 heterocycles. The molecule has 15 nitrogen and oxygen atoms in total. The van der Waals surface area contributed by atoms with E-state index in [0.717, 1.165) is 26.8 Å². The fraction of sp³-hybridized carbons (Fsp3) is 0.290. The summed E-state index contributed by atoms with van der Waals surface area (Å²) in [5, 5.41) is 1.98. The van der Waals surface area contributed by atoms with Gasteiger partial charge in [-0.05, 0) is 57.8 Å². The minimum absolute atomic E-state index is 0.00127. The van der Waals surface area contributed by atoms with Gasteiger partial charge in [0.2, 0.25) is 6.29 Å². The average Bonchev–Trinajstić information content (AvgIpc) is 3.80. The van der Waals surface area contributed by atoms with E-state index < -0.39 is 104 Å². The first-order valence-corrected chi connectivity index (χ1v) is 26.1. The number of ether oxygens (including phenoxy) is 10. The zero-order valence-electron chi connectivity index (χ0n) is 43.1. The molecule has 3 saturated heterocycles. The lowest BCUT2D eigenvalue weighted by atomic mass is 9.93. The number of aliphatic imine (C=N–C) groups is 1. The molecule has 2 amide bonds. The number of fused-ring (bicyclic) bond motifs is 3. The number of carbonyl (C=O) groups excluding carboxylic acids is 3. The van der Waals surface area contributed by atoms with E-state index in [4.69, 9.17) is 47.4 Å². The van der Waals surface area contributed by atoms with E-state index in [0.29, 0.717) is 11.1 Å². The summed E-state index contributed by atoms with van der Waals surface area (Å²) in [6.07, 6.45) is -19.0. The van der Waals surface area contributed by atoms with Crippen molar-refractivity contribution in [2.45, 2.75) is 101 Å². The Kier molecular flexibility index (Phi) is 16.6. The van der Waals surface area contributed by atoms with Crippen LogP contribution in [0.5, 0.6) is 0 Å². The third-order valence-electron chi connectivity index (χ3n) is 14.1. The van der Waals surface area contributed by atoms with Gasteiger partial charge in [0.25, 0.3) is 17.7 Å². The van der Waals surface area contributed by atoms with Gasteiger partial charge >= 0.3 is 12.1 Å². The monoisotopic (exact) mass is 1090 g/mol. The maximum absolute atomic E-state index is 15.4. The molecular formula is C62H55F3N2O13. The first kappa shape index (κ1) is 54.3. The molecule has 7 aromatic carbocycles. The van der Waals surface area contributed by atoms with Crippen molar-refractivity contribution in [3.05, 3.63) is 221 Å². The maximum Gasteiger partial charge on any atom is 0.468 e. The van der Waals surface area contributed by atoms with Crippen LogP contribution in [0.3, 0.4) is 0 Å². The molecule has 0 bridgehead atoms. The Morgan fingerprint density at radius 2 is 1.19 bits per heavy atom. The fourth-order valence-electron chi connectivity index (χ4n) is 10.4. The summed E-state index contributed by atoms with van der Waals surface area (Å²) in [6.45, 7) is 0.513. The summed E-state index contributed by atoms with van der Waals surface area (Å²) >= 11 is 0. The third-order valence-corrected chi connectivity index (χ3v) is 14.1. The van der Waals surface area contributed by atoms with Crippen LogP contribution in [0.4, 0.5) is 18.9 Å². The summed E-state index contributed by atoms with van der Waals surface area (Å²) in [5.74, 6) is -4.22. The lowest BCUT2D eigenvalue weighted by Crippen LogP contribution is -2.70. The smallest absolute Gasteiger partial charge is 0.454 e. The molecule has 80 heavy (non-hydrogen) atoms. The van der Waals surface area contributed by atoms with E-state index in [2.05, 4.69) is 4.99 Å². The van der Waals surface area contributed by atoms with Gasteiger partial charge in [-0.25, -0.2) is 4.99 Å². The molecule has 0 spiro atoms. The number of esters is 1. The third kappa shape index (κ3) is 12.2. The van der Waals surface area contributed by atoms with Crippen molar-refractivity contribution in [3.8, 4) is 0 Å². The number of rotatable bonds is 17. The van der Waals surface area contributed by atoms with Gasteiger partial charge in [-0.3, -0.25) is 19.3 Å². The molecule has 4 aliphatic rings.